The molecule has 1 atom stereocenters. The predicted molar refractivity (Wildman–Crippen MR) is 114 cm³/mol. The van der Waals surface area contributed by atoms with Crippen molar-refractivity contribution in [3.8, 4) is 22.6 Å². The summed E-state index contributed by atoms with van der Waals surface area (Å²) in [5.41, 5.74) is 11.4. The Kier molecular flexibility index (Phi) is 4.33. The van der Waals surface area contributed by atoms with Crippen LogP contribution in [0.1, 0.15) is 18.4 Å². The highest BCUT2D eigenvalue weighted by Gasteiger charge is 2.21. The molecule has 5 heterocycles. The molecule has 4 aromatic heterocycles. The summed E-state index contributed by atoms with van der Waals surface area (Å²) in [6, 6.07) is 6.21. The van der Waals surface area contributed by atoms with E-state index in [0.29, 0.717) is 0 Å². The van der Waals surface area contributed by atoms with Crippen LogP contribution in [0.5, 0.6) is 0 Å². The number of fused-ring (bicyclic) bond motifs is 1. The van der Waals surface area contributed by atoms with Gasteiger partial charge in [0.05, 0.1) is 29.3 Å². The summed E-state index contributed by atoms with van der Waals surface area (Å²) in [4.78, 5) is 11.7. The van der Waals surface area contributed by atoms with Gasteiger partial charge in [0.25, 0.3) is 0 Å². The average Bonchev–Trinajstić information content (AvgIpc) is 3.43. The van der Waals surface area contributed by atoms with Crippen LogP contribution in [0.25, 0.3) is 39.6 Å². The topological polar surface area (TPSA) is 112 Å². The van der Waals surface area contributed by atoms with Crippen molar-refractivity contribution >= 4 is 22.8 Å². The zero-order chi connectivity index (χ0) is 19.8. The lowest BCUT2D eigenvalue weighted by atomic mass is 10.1. The Labute approximate surface area is 167 Å². The Balaban J connectivity index is 1.60. The van der Waals surface area contributed by atoms with Crippen molar-refractivity contribution in [3.63, 3.8) is 0 Å². The number of aromatic nitrogens is 6. The number of hydrogen-bond acceptors (Lipinski definition) is 6. The molecule has 0 aliphatic carbocycles. The number of rotatable bonds is 4. The summed E-state index contributed by atoms with van der Waals surface area (Å²) in [5.74, 6) is 0.910. The number of anilines is 1. The second-order valence-corrected chi connectivity index (χ2v) is 7.34. The molecule has 1 aliphatic rings. The van der Waals surface area contributed by atoms with Gasteiger partial charge in [-0.25, -0.2) is 4.98 Å². The molecule has 0 saturated carbocycles. The Morgan fingerprint density at radius 1 is 1.24 bits per heavy atom. The van der Waals surface area contributed by atoms with E-state index >= 15 is 0 Å². The minimum absolute atomic E-state index is 0.168. The van der Waals surface area contributed by atoms with Gasteiger partial charge in [0.2, 0.25) is 0 Å². The number of nitrogens with zero attached hydrogens (tertiary/aromatic N) is 5. The van der Waals surface area contributed by atoms with Crippen molar-refractivity contribution in [2.24, 2.45) is 5.73 Å². The first-order chi connectivity index (χ1) is 14.2. The van der Waals surface area contributed by atoms with Crippen LogP contribution in [0.3, 0.4) is 0 Å². The first-order valence-corrected chi connectivity index (χ1v) is 9.70. The molecule has 29 heavy (non-hydrogen) atoms. The van der Waals surface area contributed by atoms with Gasteiger partial charge in [-0.2, -0.15) is 10.2 Å². The van der Waals surface area contributed by atoms with Crippen LogP contribution in [0.2, 0.25) is 0 Å². The molecule has 5 rings (SSSR count). The summed E-state index contributed by atoms with van der Waals surface area (Å²) >= 11 is 0. The van der Waals surface area contributed by atoms with Crippen LogP contribution in [0.4, 0.5) is 5.82 Å². The molecule has 0 spiro atoms. The quantitative estimate of drug-likeness (QED) is 0.497. The van der Waals surface area contributed by atoms with Crippen LogP contribution < -0.4 is 10.6 Å². The van der Waals surface area contributed by atoms with Gasteiger partial charge in [-0.1, -0.05) is 12.7 Å². The maximum absolute atomic E-state index is 6.20. The molecular formula is C21H22N8. The van der Waals surface area contributed by atoms with Crippen molar-refractivity contribution in [2.75, 3.05) is 18.0 Å². The minimum atomic E-state index is 0.168. The second-order valence-electron chi connectivity index (χ2n) is 7.34. The second kappa shape index (κ2) is 7.14. The van der Waals surface area contributed by atoms with Gasteiger partial charge in [-0.05, 0) is 31.0 Å². The summed E-state index contributed by atoms with van der Waals surface area (Å²) in [7, 11) is 0. The lowest BCUT2D eigenvalue weighted by Crippen LogP contribution is -2.43. The summed E-state index contributed by atoms with van der Waals surface area (Å²) in [5, 5.41) is 15.4. The third kappa shape index (κ3) is 3.17. The van der Waals surface area contributed by atoms with Gasteiger partial charge >= 0.3 is 0 Å². The molecule has 1 aliphatic heterocycles. The van der Waals surface area contributed by atoms with Crippen LogP contribution in [-0.4, -0.2) is 49.5 Å². The number of nitrogens with one attached hydrogen (secondary N) is 2. The van der Waals surface area contributed by atoms with E-state index < -0.39 is 0 Å². The maximum atomic E-state index is 6.20. The minimum Gasteiger partial charge on any atom is -0.355 e. The lowest BCUT2D eigenvalue weighted by Gasteiger charge is -2.32. The molecule has 4 aromatic rings. The fourth-order valence-corrected chi connectivity index (χ4v) is 3.87. The predicted octanol–water partition coefficient (Wildman–Crippen LogP) is 2.98. The number of H-pyrrole nitrogens is 2. The zero-order valence-corrected chi connectivity index (χ0v) is 16.0. The van der Waals surface area contributed by atoms with E-state index in [4.69, 9.17) is 10.7 Å². The molecule has 146 valence electrons. The highest BCUT2D eigenvalue weighted by Crippen LogP contribution is 2.31. The monoisotopic (exact) mass is 386 g/mol. The van der Waals surface area contributed by atoms with Gasteiger partial charge in [0.1, 0.15) is 11.5 Å². The van der Waals surface area contributed by atoms with Crippen LogP contribution in [0, 0.1) is 0 Å². The fraction of sp³-hybridized carbons (Fsp3) is 0.238. The first kappa shape index (κ1) is 17.6. The Bertz CT molecular complexity index is 1160. The first-order valence-electron chi connectivity index (χ1n) is 9.70. The molecule has 0 aromatic carbocycles. The molecule has 1 saturated heterocycles. The summed E-state index contributed by atoms with van der Waals surface area (Å²) in [6.07, 6.45) is 9.32. The van der Waals surface area contributed by atoms with Crippen LogP contribution >= 0.6 is 0 Å². The van der Waals surface area contributed by atoms with Gasteiger partial charge < -0.3 is 10.6 Å². The molecule has 1 fully saturated rings. The Morgan fingerprint density at radius 3 is 2.97 bits per heavy atom. The van der Waals surface area contributed by atoms with Crippen molar-refractivity contribution < 1.29 is 0 Å². The van der Waals surface area contributed by atoms with Crippen molar-refractivity contribution in [2.45, 2.75) is 18.9 Å². The van der Waals surface area contributed by atoms with Gasteiger partial charge in [0.15, 0.2) is 0 Å². The average molecular weight is 386 g/mol. The highest BCUT2D eigenvalue weighted by molar-refractivity contribution is 5.94. The van der Waals surface area contributed by atoms with E-state index in [-0.39, 0.29) is 6.04 Å². The maximum Gasteiger partial charge on any atom is 0.136 e. The molecule has 1 unspecified atom stereocenters. The zero-order valence-electron chi connectivity index (χ0n) is 16.0. The number of nitrogens with two attached hydrogens (primary N) is 1. The van der Waals surface area contributed by atoms with Crippen molar-refractivity contribution in [1.29, 1.82) is 0 Å². The molecule has 8 nitrogen and oxygen atoms in total. The van der Waals surface area contributed by atoms with Gasteiger partial charge in [-0.15, -0.1) is 0 Å². The molecule has 0 radical (unpaired) electrons. The normalized spacial score (nSPS) is 17.0. The van der Waals surface area contributed by atoms with E-state index in [2.05, 4.69) is 36.9 Å². The number of hydrogen-bond donors (Lipinski definition) is 3. The highest BCUT2D eigenvalue weighted by atomic mass is 15.2. The van der Waals surface area contributed by atoms with E-state index in [1.54, 1.807) is 12.4 Å². The van der Waals surface area contributed by atoms with E-state index in [1.807, 2.05) is 30.5 Å². The van der Waals surface area contributed by atoms with Crippen molar-refractivity contribution in [3.05, 3.63) is 48.9 Å². The largest absolute Gasteiger partial charge is 0.355 e. The number of aromatic amines is 2. The summed E-state index contributed by atoms with van der Waals surface area (Å²) in [6.45, 7) is 5.70. The van der Waals surface area contributed by atoms with E-state index in [0.717, 1.165) is 70.9 Å². The third-order valence-corrected chi connectivity index (χ3v) is 5.37. The molecule has 0 amide bonds. The van der Waals surface area contributed by atoms with Crippen molar-refractivity contribution in [1.82, 2.24) is 30.4 Å². The van der Waals surface area contributed by atoms with Crippen LogP contribution in [0.15, 0.2) is 43.4 Å². The van der Waals surface area contributed by atoms with Gasteiger partial charge in [-0.3, -0.25) is 15.2 Å². The van der Waals surface area contributed by atoms with Gasteiger partial charge in [0, 0.05) is 41.8 Å². The van der Waals surface area contributed by atoms with Crippen LogP contribution in [-0.2, 0) is 0 Å². The molecule has 4 N–H and O–H groups in total. The third-order valence-electron chi connectivity index (χ3n) is 5.37. The Morgan fingerprint density at radius 2 is 2.17 bits per heavy atom. The smallest absolute Gasteiger partial charge is 0.136 e. The standard InChI is InChI=1S/C21H22N8/c1-2-13-5-6-17(26-21(13)29-7-3-4-15(22)12-29)20-16-8-18(14-9-24-25-10-14)23-11-19(16)27-28-20/h2,5-6,8-11,15H,1,3-4,7,12,22H2,(H,24,25)(H,27,28). The molecular weight excluding hydrogens is 364 g/mol. The Hall–Kier alpha value is -3.52. The lowest BCUT2D eigenvalue weighted by molar-refractivity contribution is 0.503. The molecule has 8 heteroatoms. The number of piperidine rings is 1. The van der Waals surface area contributed by atoms with E-state index in [9.17, 15) is 0 Å². The van der Waals surface area contributed by atoms with E-state index in [1.165, 1.54) is 0 Å². The fourth-order valence-electron chi connectivity index (χ4n) is 3.87. The number of pyridine rings is 2. The summed E-state index contributed by atoms with van der Waals surface area (Å²) < 4.78 is 0. The molecule has 0 bridgehead atoms. The SMILES string of the molecule is C=Cc1ccc(-c2n[nH]c3cnc(-c4cn[nH]c4)cc23)nc1N1CCCC(N)C1.